The molecule has 0 amide bonds. The van der Waals surface area contributed by atoms with Gasteiger partial charge in [0.2, 0.25) is 0 Å². The van der Waals surface area contributed by atoms with Crippen molar-refractivity contribution in [1.82, 2.24) is 15.5 Å². The molecule has 0 spiro atoms. The number of guanidine groups is 1. The molecule has 3 rings (SSSR count). The van der Waals surface area contributed by atoms with Crippen molar-refractivity contribution in [3.8, 4) is 5.75 Å². The molecule has 2 aliphatic heterocycles. The molecule has 2 atom stereocenters. The predicted octanol–water partition coefficient (Wildman–Crippen LogP) is 4.53. The molecule has 33 heavy (non-hydrogen) atoms. The van der Waals surface area contributed by atoms with Crippen LogP contribution in [0.25, 0.3) is 0 Å². The maximum atomic E-state index is 6.13. The molecule has 6 nitrogen and oxygen atoms in total. The van der Waals surface area contributed by atoms with Crippen molar-refractivity contribution in [2.45, 2.75) is 59.1 Å². The summed E-state index contributed by atoms with van der Waals surface area (Å²) in [4.78, 5) is 7.02. The van der Waals surface area contributed by atoms with Gasteiger partial charge in [0.25, 0.3) is 0 Å². The number of rotatable bonds is 7. The second kappa shape index (κ2) is 13.7. The second-order valence-electron chi connectivity index (χ2n) is 10.5. The molecule has 2 unspecified atom stereocenters. The van der Waals surface area contributed by atoms with Crippen LogP contribution < -0.4 is 15.4 Å². The molecule has 0 aliphatic carbocycles. The lowest BCUT2D eigenvalue weighted by Crippen LogP contribution is -2.48. The summed E-state index contributed by atoms with van der Waals surface area (Å²) in [5, 5.41) is 7.14. The summed E-state index contributed by atoms with van der Waals surface area (Å²) >= 11 is 0. The maximum Gasteiger partial charge on any atom is 0.190 e. The van der Waals surface area contributed by atoms with E-state index in [0.29, 0.717) is 17.9 Å². The van der Waals surface area contributed by atoms with Gasteiger partial charge in [-0.15, -0.1) is 24.0 Å². The van der Waals surface area contributed by atoms with Gasteiger partial charge in [-0.3, -0.25) is 9.89 Å². The van der Waals surface area contributed by atoms with Crippen LogP contribution >= 0.6 is 24.0 Å². The lowest BCUT2D eigenvalue weighted by Gasteiger charge is -2.40. The number of hydrogen-bond donors (Lipinski definition) is 2. The number of aliphatic imine (C=N–C) groups is 1. The topological polar surface area (TPSA) is 58.1 Å². The van der Waals surface area contributed by atoms with Crippen molar-refractivity contribution in [3.63, 3.8) is 0 Å². The van der Waals surface area contributed by atoms with E-state index in [9.17, 15) is 0 Å². The highest BCUT2D eigenvalue weighted by Gasteiger charge is 2.35. The summed E-state index contributed by atoms with van der Waals surface area (Å²) in [5.74, 6) is 3.07. The highest BCUT2D eigenvalue weighted by molar-refractivity contribution is 14.0. The van der Waals surface area contributed by atoms with Gasteiger partial charge in [-0.2, -0.15) is 0 Å². The van der Waals surface area contributed by atoms with E-state index in [1.807, 2.05) is 19.2 Å². The lowest BCUT2D eigenvalue weighted by molar-refractivity contribution is -0.0835. The number of ether oxygens (including phenoxy) is 2. The first-order valence-electron chi connectivity index (χ1n) is 12.3. The minimum Gasteiger partial charge on any atom is -0.497 e. The highest BCUT2D eigenvalue weighted by Crippen LogP contribution is 2.33. The molecule has 0 bridgehead atoms. The summed E-state index contributed by atoms with van der Waals surface area (Å²) in [5.41, 5.74) is 1.52. The Kier molecular flexibility index (Phi) is 11.7. The van der Waals surface area contributed by atoms with Crippen molar-refractivity contribution in [1.29, 1.82) is 0 Å². The van der Waals surface area contributed by atoms with Crippen LogP contribution in [0.3, 0.4) is 0 Å². The zero-order valence-electron chi connectivity index (χ0n) is 21.2. The van der Waals surface area contributed by atoms with Gasteiger partial charge in [-0.1, -0.05) is 32.9 Å². The number of likely N-dealkylation sites (tertiary alicyclic amines) is 1. The molecule has 0 radical (unpaired) electrons. The largest absolute Gasteiger partial charge is 0.497 e. The van der Waals surface area contributed by atoms with E-state index < -0.39 is 0 Å². The molecule has 0 aromatic heterocycles. The third-order valence-corrected chi connectivity index (χ3v) is 6.88. The SMILES string of the molecule is CN=C(NCC1CCN(Cc2ccc(OC)cc2)CC1)NCC1CCCOC1C(C)(C)C.I. The van der Waals surface area contributed by atoms with Gasteiger partial charge >= 0.3 is 0 Å². The van der Waals surface area contributed by atoms with E-state index in [-0.39, 0.29) is 29.4 Å². The Labute approximate surface area is 218 Å². The minimum absolute atomic E-state index is 0. The average molecular weight is 573 g/mol. The number of methoxy groups -OCH3 is 1. The molecule has 1 aromatic carbocycles. The van der Waals surface area contributed by atoms with Crippen LogP contribution in [-0.2, 0) is 11.3 Å². The molecule has 2 saturated heterocycles. The molecule has 0 saturated carbocycles. The van der Waals surface area contributed by atoms with Gasteiger partial charge in [0, 0.05) is 39.2 Å². The standard InChI is InChI=1S/C26H44N4O2.HI/c1-26(2,3)24-22(7-6-16-32-24)18-29-25(27-4)28-17-20-12-14-30(15-13-20)19-21-8-10-23(31-5)11-9-21;/h8-11,20,22,24H,6-7,12-19H2,1-5H3,(H2,27,28,29);1H. The zero-order chi connectivity index (χ0) is 23.0. The molecule has 1 aromatic rings. The number of piperidine rings is 1. The van der Waals surface area contributed by atoms with Crippen molar-refractivity contribution in [3.05, 3.63) is 29.8 Å². The summed E-state index contributed by atoms with van der Waals surface area (Å²) in [6.07, 6.45) is 5.13. The fourth-order valence-corrected chi connectivity index (χ4v) is 5.04. The Balaban J connectivity index is 0.00000385. The molecular formula is C26H45IN4O2. The number of nitrogens with one attached hydrogen (secondary N) is 2. The van der Waals surface area contributed by atoms with Crippen LogP contribution in [0.5, 0.6) is 5.75 Å². The van der Waals surface area contributed by atoms with E-state index in [1.54, 1.807) is 7.11 Å². The smallest absolute Gasteiger partial charge is 0.190 e. The average Bonchev–Trinajstić information content (AvgIpc) is 2.80. The molecule has 2 fully saturated rings. The van der Waals surface area contributed by atoms with Crippen molar-refractivity contribution >= 4 is 29.9 Å². The first-order valence-corrected chi connectivity index (χ1v) is 12.3. The number of hydrogen-bond acceptors (Lipinski definition) is 4. The van der Waals surface area contributed by atoms with Crippen LogP contribution in [0.15, 0.2) is 29.3 Å². The minimum atomic E-state index is 0. The van der Waals surface area contributed by atoms with Gasteiger partial charge in [-0.05, 0) is 67.8 Å². The van der Waals surface area contributed by atoms with Gasteiger partial charge in [-0.25, -0.2) is 0 Å². The summed E-state index contributed by atoms with van der Waals surface area (Å²) < 4.78 is 11.4. The molecule has 7 heteroatoms. The normalized spacial score (nSPS) is 23.0. The Bertz CT molecular complexity index is 712. The van der Waals surface area contributed by atoms with Gasteiger partial charge in [0.15, 0.2) is 5.96 Å². The van der Waals surface area contributed by atoms with E-state index in [1.165, 1.54) is 24.8 Å². The summed E-state index contributed by atoms with van der Waals surface area (Å²) in [6.45, 7) is 13.0. The van der Waals surface area contributed by atoms with Crippen LogP contribution in [0.2, 0.25) is 0 Å². The van der Waals surface area contributed by atoms with Gasteiger partial charge < -0.3 is 20.1 Å². The first kappa shape index (κ1) is 28.2. The van der Waals surface area contributed by atoms with Crippen LogP contribution in [0.4, 0.5) is 0 Å². The molecule has 2 aliphatic rings. The fourth-order valence-electron chi connectivity index (χ4n) is 5.04. The van der Waals surface area contributed by atoms with Gasteiger partial charge in [0.05, 0.1) is 13.2 Å². The van der Waals surface area contributed by atoms with Crippen molar-refractivity contribution in [2.24, 2.45) is 22.2 Å². The Morgan fingerprint density at radius 3 is 2.36 bits per heavy atom. The number of nitrogens with zero attached hydrogens (tertiary/aromatic N) is 2. The molecule has 2 heterocycles. The second-order valence-corrected chi connectivity index (χ2v) is 10.5. The van der Waals surface area contributed by atoms with E-state index >= 15 is 0 Å². The molecule has 188 valence electrons. The molecular weight excluding hydrogens is 527 g/mol. The lowest BCUT2D eigenvalue weighted by atomic mass is 9.78. The summed E-state index contributed by atoms with van der Waals surface area (Å²) in [6, 6.07) is 8.44. The predicted molar refractivity (Wildman–Crippen MR) is 148 cm³/mol. The van der Waals surface area contributed by atoms with Crippen LogP contribution in [0, 0.1) is 17.3 Å². The Hall–Kier alpha value is -1.06. The number of benzene rings is 1. The van der Waals surface area contributed by atoms with Crippen LogP contribution in [0.1, 0.15) is 52.0 Å². The van der Waals surface area contributed by atoms with Gasteiger partial charge in [0.1, 0.15) is 5.75 Å². The third-order valence-electron chi connectivity index (χ3n) is 6.88. The van der Waals surface area contributed by atoms with E-state index in [2.05, 4.69) is 53.4 Å². The molecule has 2 N–H and O–H groups in total. The van der Waals surface area contributed by atoms with Crippen LogP contribution in [-0.4, -0.2) is 63.9 Å². The highest BCUT2D eigenvalue weighted by atomic mass is 127. The van der Waals surface area contributed by atoms with Crippen molar-refractivity contribution in [2.75, 3.05) is 46.9 Å². The van der Waals surface area contributed by atoms with E-state index in [0.717, 1.165) is 57.5 Å². The Morgan fingerprint density at radius 2 is 1.76 bits per heavy atom. The van der Waals surface area contributed by atoms with Crippen molar-refractivity contribution < 1.29 is 9.47 Å². The number of halogens is 1. The zero-order valence-corrected chi connectivity index (χ0v) is 23.6. The quantitative estimate of drug-likeness (QED) is 0.286. The van der Waals surface area contributed by atoms with E-state index in [4.69, 9.17) is 9.47 Å². The third kappa shape index (κ3) is 8.91. The fraction of sp³-hybridized carbons (Fsp3) is 0.731. The summed E-state index contributed by atoms with van der Waals surface area (Å²) in [7, 11) is 3.58. The first-order chi connectivity index (χ1) is 15.4. The Morgan fingerprint density at radius 1 is 1.09 bits per heavy atom. The maximum absolute atomic E-state index is 6.13. The monoisotopic (exact) mass is 572 g/mol.